The second-order valence-electron chi connectivity index (χ2n) is 14.3. The maximum Gasteiger partial charge on any atom is 0.426 e. The van der Waals surface area contributed by atoms with Gasteiger partial charge in [0, 0.05) is 57.0 Å². The topological polar surface area (TPSA) is 234 Å². The van der Waals surface area contributed by atoms with Crippen LogP contribution in [0.15, 0.2) is 53.6 Å². The molecule has 2 atom stereocenters. The molecule has 18 nitrogen and oxygen atoms in total. The van der Waals surface area contributed by atoms with Crippen molar-refractivity contribution < 1.29 is 43.4 Å². The van der Waals surface area contributed by atoms with E-state index in [1.54, 1.807) is 7.05 Å². The summed E-state index contributed by atoms with van der Waals surface area (Å²) in [5, 5.41) is 26.3. The molecule has 2 aliphatic heterocycles. The first kappa shape index (κ1) is 39.5. The molecule has 8 amide bonds. The Hall–Kier alpha value is -6.20. The predicted molar refractivity (Wildman–Crippen MR) is 198 cm³/mol. The number of ether oxygens (including phenoxy) is 1. The van der Waals surface area contributed by atoms with Gasteiger partial charge in [-0.15, -0.1) is 0 Å². The van der Waals surface area contributed by atoms with Gasteiger partial charge in [-0.3, -0.25) is 14.4 Å². The molecule has 0 unspecified atom stereocenters. The smallest absolute Gasteiger partial charge is 0.426 e. The first-order chi connectivity index (χ1) is 27.0. The predicted octanol–water partition coefficient (Wildman–Crippen LogP) is 0.936. The maximum atomic E-state index is 13.9. The Balaban J connectivity index is 1.04. The lowest BCUT2D eigenvalue weighted by Gasteiger charge is -2.43. The van der Waals surface area contributed by atoms with Gasteiger partial charge in [-0.25, -0.2) is 40.3 Å². The standard InChI is InChI=1S/C38H47N9O9/c1-39-34(51)24-14-12-23(13-15-24)20-40-36(53)43-41-21-25(19-33(49)50)42-35(52)31-11-6-17-46-32(48)16-18-45(38(55)47(31)46)44-37(54)56-22-30-28-9-4-2-7-26(28)27-8-3-5-10-29(27)30/h2-5,7-10,21,23-25,30-31H,6,11-20,22H2,1H3,(H,39,51)(H,42,52)(H,44,54)(H,49,50)(H2,40,43,53)/p-1/b41-21+/t23?,24?,25-,31-/m0/s1. The number of benzene rings is 2. The Bertz CT molecular complexity index is 1820. The lowest BCUT2D eigenvalue weighted by Crippen LogP contribution is -2.65. The van der Waals surface area contributed by atoms with Gasteiger partial charge in [0.25, 0.3) is 0 Å². The molecule has 0 radical (unpaired) electrons. The van der Waals surface area contributed by atoms with Crippen LogP contribution in [0.5, 0.6) is 0 Å². The second kappa shape index (κ2) is 18.0. The van der Waals surface area contributed by atoms with E-state index in [0.717, 1.165) is 69.2 Å². The Kier molecular flexibility index (Phi) is 12.7. The molecule has 2 saturated heterocycles. The zero-order valence-electron chi connectivity index (χ0n) is 31.0. The first-order valence-electron chi connectivity index (χ1n) is 18.9. The van der Waals surface area contributed by atoms with Crippen molar-refractivity contribution in [3.8, 4) is 11.1 Å². The van der Waals surface area contributed by atoms with Gasteiger partial charge in [0.15, 0.2) is 0 Å². The van der Waals surface area contributed by atoms with E-state index in [-0.39, 0.29) is 56.2 Å². The third kappa shape index (κ3) is 9.18. The summed E-state index contributed by atoms with van der Waals surface area (Å²) in [6.07, 6.45) is 2.74. The highest BCUT2D eigenvalue weighted by atomic mass is 16.6. The van der Waals surface area contributed by atoms with E-state index in [2.05, 4.69) is 31.9 Å². The Morgan fingerprint density at radius 3 is 2.27 bits per heavy atom. The second-order valence-corrected chi connectivity index (χ2v) is 14.3. The highest BCUT2D eigenvalue weighted by molar-refractivity contribution is 5.93. The van der Waals surface area contributed by atoms with E-state index in [0.29, 0.717) is 13.0 Å². The molecule has 298 valence electrons. The van der Waals surface area contributed by atoms with E-state index in [4.69, 9.17) is 4.74 Å². The fraction of sp³-hybridized carbons (Fsp3) is 0.474. The summed E-state index contributed by atoms with van der Waals surface area (Å²) in [6, 6.07) is 11.7. The van der Waals surface area contributed by atoms with Crippen LogP contribution in [0.4, 0.5) is 14.4 Å². The molecule has 5 N–H and O–H groups in total. The average Bonchev–Trinajstić information content (AvgIpc) is 3.46. The number of nitrogens with one attached hydrogen (secondary N) is 5. The number of amides is 8. The van der Waals surface area contributed by atoms with Gasteiger partial charge in [-0.1, -0.05) is 48.5 Å². The molecular formula is C38H46N9O9-. The van der Waals surface area contributed by atoms with Crippen molar-refractivity contribution in [1.29, 1.82) is 0 Å². The Labute approximate surface area is 323 Å². The van der Waals surface area contributed by atoms with E-state index in [1.807, 2.05) is 48.5 Å². The van der Waals surface area contributed by atoms with Gasteiger partial charge < -0.3 is 30.6 Å². The van der Waals surface area contributed by atoms with Crippen molar-refractivity contribution in [3.63, 3.8) is 0 Å². The van der Waals surface area contributed by atoms with Crippen LogP contribution in [0.25, 0.3) is 11.1 Å². The Morgan fingerprint density at radius 2 is 1.61 bits per heavy atom. The first-order valence-corrected chi connectivity index (χ1v) is 18.9. The zero-order chi connectivity index (χ0) is 39.8. The van der Waals surface area contributed by atoms with Crippen LogP contribution in [0, 0.1) is 11.8 Å². The van der Waals surface area contributed by atoms with Crippen LogP contribution in [0.3, 0.4) is 0 Å². The van der Waals surface area contributed by atoms with Gasteiger partial charge in [-0.05, 0) is 66.7 Å². The van der Waals surface area contributed by atoms with E-state index in [9.17, 15) is 38.7 Å². The van der Waals surface area contributed by atoms with Crippen LogP contribution >= 0.6 is 0 Å². The summed E-state index contributed by atoms with van der Waals surface area (Å²) in [7, 11) is 1.61. The molecule has 0 bridgehead atoms. The van der Waals surface area contributed by atoms with E-state index < -0.39 is 54.4 Å². The molecular weight excluding hydrogens is 726 g/mol. The zero-order valence-corrected chi connectivity index (χ0v) is 31.0. The number of carbonyl (C=O) groups is 7. The van der Waals surface area contributed by atoms with Crippen molar-refractivity contribution >= 4 is 48.1 Å². The number of hydrogen-bond donors (Lipinski definition) is 5. The number of urea groups is 2. The summed E-state index contributed by atoms with van der Waals surface area (Å²) in [5.41, 5.74) is 8.81. The Morgan fingerprint density at radius 1 is 0.929 bits per heavy atom. The van der Waals surface area contributed by atoms with E-state index >= 15 is 0 Å². The largest absolute Gasteiger partial charge is 0.550 e. The minimum atomic E-state index is -1.51. The van der Waals surface area contributed by atoms with Crippen molar-refractivity contribution in [2.24, 2.45) is 16.9 Å². The number of hydrazine groups is 2. The fourth-order valence-electron chi connectivity index (χ4n) is 7.85. The number of carboxylic acid groups (broad SMARTS) is 1. The molecule has 0 spiro atoms. The summed E-state index contributed by atoms with van der Waals surface area (Å²) < 4.78 is 5.61. The average molecular weight is 773 g/mol. The number of rotatable bonds is 12. The SMILES string of the molecule is CNC(=O)C1CCC(CNC(=O)N/N=C/[C@H](CC(=O)[O-])NC(=O)[C@@H]2CCCN3C(=O)CCN(NC(=O)OCC4c5ccccc5-c5ccccc54)C(=O)N23)CC1. The summed E-state index contributed by atoms with van der Waals surface area (Å²) in [5.74, 6) is -2.81. The molecule has 2 aromatic carbocycles. The van der Waals surface area contributed by atoms with Crippen LogP contribution in [-0.2, 0) is 23.9 Å². The van der Waals surface area contributed by atoms with Gasteiger partial charge in [-0.2, -0.15) is 5.10 Å². The summed E-state index contributed by atoms with van der Waals surface area (Å²) in [6.45, 7) is 0.301. The van der Waals surface area contributed by atoms with Crippen molar-refractivity contribution in [2.45, 2.75) is 69.4 Å². The lowest BCUT2D eigenvalue weighted by atomic mass is 9.81. The van der Waals surface area contributed by atoms with Gasteiger partial charge in [0.1, 0.15) is 12.6 Å². The quantitative estimate of drug-likeness (QED) is 0.152. The minimum Gasteiger partial charge on any atom is -0.550 e. The highest BCUT2D eigenvalue weighted by Crippen LogP contribution is 2.44. The summed E-state index contributed by atoms with van der Waals surface area (Å²) in [4.78, 5) is 89.7. The highest BCUT2D eigenvalue weighted by Gasteiger charge is 2.44. The normalized spacial score (nSPS) is 21.2. The number of carbonyl (C=O) groups excluding carboxylic acids is 7. The van der Waals surface area contributed by atoms with Crippen LogP contribution in [0.1, 0.15) is 68.4 Å². The molecule has 18 heteroatoms. The molecule has 0 aromatic heterocycles. The van der Waals surface area contributed by atoms with Crippen molar-refractivity contribution in [1.82, 2.24) is 41.8 Å². The maximum absolute atomic E-state index is 13.9. The molecule has 2 aliphatic carbocycles. The van der Waals surface area contributed by atoms with E-state index in [1.165, 1.54) is 0 Å². The number of nitrogens with zero attached hydrogens (tertiary/aromatic N) is 4. The third-order valence-electron chi connectivity index (χ3n) is 10.7. The minimum absolute atomic E-state index is 0.0130. The van der Waals surface area contributed by atoms with Gasteiger partial charge >= 0.3 is 18.2 Å². The van der Waals surface area contributed by atoms with Gasteiger partial charge in [0.2, 0.25) is 17.7 Å². The number of hydrazone groups is 1. The molecule has 1 saturated carbocycles. The lowest BCUT2D eigenvalue weighted by molar-refractivity contribution is -0.305. The van der Waals surface area contributed by atoms with Gasteiger partial charge in [0.05, 0.1) is 12.6 Å². The third-order valence-corrected chi connectivity index (χ3v) is 10.7. The van der Waals surface area contributed by atoms with Crippen LogP contribution < -0.4 is 31.9 Å². The number of carboxylic acids is 1. The fourth-order valence-corrected chi connectivity index (χ4v) is 7.85. The molecule has 4 aliphatic rings. The molecule has 6 rings (SSSR count). The monoisotopic (exact) mass is 772 g/mol. The van der Waals surface area contributed by atoms with Crippen molar-refractivity contribution in [2.75, 3.05) is 33.3 Å². The number of hydrogen-bond acceptors (Lipinski definition) is 10. The number of aliphatic carboxylic acids is 1. The van der Waals surface area contributed by atoms with Crippen LogP contribution in [0.2, 0.25) is 0 Å². The molecule has 2 aromatic rings. The van der Waals surface area contributed by atoms with Crippen LogP contribution in [-0.4, -0.2) is 108 Å². The summed E-state index contributed by atoms with van der Waals surface area (Å²) >= 11 is 0. The molecule has 3 fully saturated rings. The molecule has 56 heavy (non-hydrogen) atoms. The van der Waals surface area contributed by atoms with Crippen molar-refractivity contribution in [3.05, 3.63) is 59.7 Å². The molecule has 2 heterocycles. The number of fused-ring (bicyclic) bond motifs is 4.